The van der Waals surface area contributed by atoms with Crippen LogP contribution >= 0.6 is 0 Å². The van der Waals surface area contributed by atoms with Crippen LogP contribution in [0.1, 0.15) is 11.1 Å². The third-order valence-corrected chi connectivity index (χ3v) is 4.88. The van der Waals surface area contributed by atoms with Gasteiger partial charge in [0.15, 0.2) is 0 Å². The summed E-state index contributed by atoms with van der Waals surface area (Å²) in [4.78, 5) is 7.45. The van der Waals surface area contributed by atoms with Gasteiger partial charge >= 0.3 is 0 Å². The number of nitrogens with one attached hydrogen (secondary N) is 2. The maximum atomic E-state index is 9.58. The minimum absolute atomic E-state index is 0.727. The summed E-state index contributed by atoms with van der Waals surface area (Å²) in [6.07, 6.45) is 0. The van der Waals surface area contributed by atoms with Crippen molar-refractivity contribution >= 4 is 22.5 Å². The molecule has 0 unspecified atom stereocenters. The molecule has 116 valence electrons. The number of nitriles is 1. The Hall–Kier alpha value is -2.58. The molecule has 0 amide bonds. The summed E-state index contributed by atoms with van der Waals surface area (Å²) < 4.78 is 2.21. The van der Waals surface area contributed by atoms with Crippen LogP contribution in [0.25, 0.3) is 16.7 Å². The Morgan fingerprint density at radius 3 is 2.74 bits per heavy atom. The molecule has 0 bridgehead atoms. The first-order valence-corrected chi connectivity index (χ1v) is 8.11. The highest BCUT2D eigenvalue weighted by molar-refractivity contribution is 5.77. The molecular formula is C18H21N5+2. The van der Waals surface area contributed by atoms with Crippen molar-refractivity contribution in [2.75, 3.05) is 38.1 Å². The van der Waals surface area contributed by atoms with Gasteiger partial charge in [-0.2, -0.15) is 9.66 Å². The summed E-state index contributed by atoms with van der Waals surface area (Å²) in [6.45, 7) is 6.39. The Morgan fingerprint density at radius 1 is 1.26 bits per heavy atom. The van der Waals surface area contributed by atoms with Gasteiger partial charge in [0.25, 0.3) is 0 Å². The number of nitrogens with zero attached hydrogens (tertiary/aromatic N) is 3. The SMILES string of the molecule is Cc1cc(N2CC[NH+](C)CC2)[n+]2c([nH]c3ccccc32)c1C#N. The van der Waals surface area contributed by atoms with Gasteiger partial charge in [0, 0.05) is 6.07 Å². The van der Waals surface area contributed by atoms with Gasteiger partial charge < -0.3 is 4.90 Å². The number of aromatic nitrogens is 2. The number of likely N-dealkylation sites (N-methyl/N-ethyl adjacent to an activating group) is 1. The predicted octanol–water partition coefficient (Wildman–Crippen LogP) is 0.421. The number of hydrogen-bond donors (Lipinski definition) is 2. The molecule has 2 N–H and O–H groups in total. The second-order valence-electron chi connectivity index (χ2n) is 6.44. The van der Waals surface area contributed by atoms with Crippen LogP contribution in [0.4, 0.5) is 5.82 Å². The number of benzene rings is 1. The number of fused-ring (bicyclic) bond motifs is 3. The lowest BCUT2D eigenvalue weighted by atomic mass is 10.1. The molecule has 1 aromatic carbocycles. The van der Waals surface area contributed by atoms with Gasteiger partial charge in [-0.3, -0.25) is 9.88 Å². The van der Waals surface area contributed by atoms with Crippen molar-refractivity contribution in [3.63, 3.8) is 0 Å². The standard InChI is InChI=1S/C18H19N5/c1-13-11-17(22-9-7-21(2)8-10-22)23-16-6-4-3-5-15(16)20-18(23)14(13)12-19/h3-6,11H,7-10H2,1-2H3/p+2. The van der Waals surface area contributed by atoms with E-state index in [1.807, 2.05) is 19.1 Å². The van der Waals surface area contributed by atoms with Crippen LogP contribution in [0, 0.1) is 18.3 Å². The number of rotatable bonds is 1. The number of para-hydroxylation sites is 2. The van der Waals surface area contributed by atoms with E-state index in [9.17, 15) is 5.26 Å². The molecule has 5 heteroatoms. The number of anilines is 1. The lowest BCUT2D eigenvalue weighted by molar-refractivity contribution is -0.880. The highest BCUT2D eigenvalue weighted by Crippen LogP contribution is 2.22. The van der Waals surface area contributed by atoms with Gasteiger partial charge in [-0.15, -0.1) is 0 Å². The number of aryl methyl sites for hydroxylation is 1. The van der Waals surface area contributed by atoms with Crippen LogP contribution in [0.2, 0.25) is 0 Å². The fourth-order valence-corrected chi connectivity index (χ4v) is 3.50. The molecule has 2 aromatic heterocycles. The largest absolute Gasteiger partial charge is 0.332 e. The van der Waals surface area contributed by atoms with E-state index < -0.39 is 0 Å². The van der Waals surface area contributed by atoms with E-state index in [2.05, 4.69) is 45.6 Å². The van der Waals surface area contributed by atoms with Gasteiger partial charge in [0.1, 0.15) is 48.8 Å². The summed E-state index contributed by atoms with van der Waals surface area (Å²) in [7, 11) is 2.25. The van der Waals surface area contributed by atoms with E-state index in [1.54, 1.807) is 4.90 Å². The Labute approximate surface area is 135 Å². The van der Waals surface area contributed by atoms with Gasteiger partial charge in [-0.25, -0.2) is 0 Å². The Balaban J connectivity index is 2.02. The van der Waals surface area contributed by atoms with E-state index in [0.29, 0.717) is 0 Å². The van der Waals surface area contributed by atoms with E-state index in [4.69, 9.17) is 0 Å². The average Bonchev–Trinajstić information content (AvgIpc) is 2.94. The molecule has 3 aromatic rings. The molecule has 4 rings (SSSR count). The van der Waals surface area contributed by atoms with Gasteiger partial charge in [0.05, 0.1) is 7.05 Å². The topological polar surface area (TPSA) is 51.4 Å². The summed E-state index contributed by atoms with van der Waals surface area (Å²) >= 11 is 0. The normalized spacial score (nSPS) is 16.1. The molecule has 0 aliphatic carbocycles. The van der Waals surface area contributed by atoms with Crippen LogP contribution in [-0.4, -0.2) is 38.2 Å². The zero-order valence-corrected chi connectivity index (χ0v) is 13.6. The number of piperazine rings is 1. The van der Waals surface area contributed by atoms with E-state index in [1.165, 1.54) is 5.82 Å². The van der Waals surface area contributed by atoms with Crippen molar-refractivity contribution in [1.82, 2.24) is 4.98 Å². The number of aromatic amines is 1. The highest BCUT2D eigenvalue weighted by Gasteiger charge is 2.27. The number of quaternary nitrogens is 1. The lowest BCUT2D eigenvalue weighted by Crippen LogP contribution is -3.12. The third-order valence-electron chi connectivity index (χ3n) is 4.88. The maximum absolute atomic E-state index is 9.58. The highest BCUT2D eigenvalue weighted by atomic mass is 15.3. The van der Waals surface area contributed by atoms with Crippen molar-refractivity contribution in [3.05, 3.63) is 41.5 Å². The van der Waals surface area contributed by atoms with Crippen LogP contribution < -0.4 is 14.2 Å². The van der Waals surface area contributed by atoms with E-state index in [-0.39, 0.29) is 0 Å². The van der Waals surface area contributed by atoms with Crippen molar-refractivity contribution in [1.29, 1.82) is 5.26 Å². The minimum Gasteiger partial charge on any atom is -0.332 e. The number of imidazole rings is 1. The van der Waals surface area contributed by atoms with Crippen LogP contribution in [0.15, 0.2) is 30.3 Å². The van der Waals surface area contributed by atoms with Crippen LogP contribution in [0.3, 0.4) is 0 Å². The average molecular weight is 307 g/mol. The Bertz CT molecular complexity index is 926. The molecule has 1 aliphatic heterocycles. The number of H-pyrrole nitrogens is 1. The van der Waals surface area contributed by atoms with Gasteiger partial charge in [0.2, 0.25) is 11.5 Å². The molecule has 1 fully saturated rings. The van der Waals surface area contributed by atoms with Gasteiger partial charge in [-0.05, 0) is 24.6 Å². The first-order valence-electron chi connectivity index (χ1n) is 8.11. The fourth-order valence-electron chi connectivity index (χ4n) is 3.50. The summed E-state index contributed by atoms with van der Waals surface area (Å²) in [5.41, 5.74) is 4.84. The molecule has 1 aliphatic rings. The fraction of sp³-hybridized carbons (Fsp3) is 0.333. The molecule has 0 saturated carbocycles. The van der Waals surface area contributed by atoms with Crippen molar-refractivity contribution in [3.8, 4) is 6.07 Å². The molecule has 23 heavy (non-hydrogen) atoms. The predicted molar refractivity (Wildman–Crippen MR) is 89.7 cm³/mol. The monoisotopic (exact) mass is 307 g/mol. The second kappa shape index (κ2) is 5.25. The minimum atomic E-state index is 0.727. The summed E-state index contributed by atoms with van der Waals surface area (Å²) in [5.74, 6) is 1.18. The molecular weight excluding hydrogens is 286 g/mol. The molecule has 0 atom stereocenters. The number of pyridine rings is 1. The summed E-state index contributed by atoms with van der Waals surface area (Å²) in [6, 6.07) is 12.8. The first kappa shape index (κ1) is 14.0. The molecule has 5 nitrogen and oxygen atoms in total. The van der Waals surface area contributed by atoms with Gasteiger partial charge in [-0.1, -0.05) is 12.1 Å². The molecule has 3 heterocycles. The van der Waals surface area contributed by atoms with Crippen molar-refractivity contribution in [2.24, 2.45) is 0 Å². The molecule has 0 radical (unpaired) electrons. The zero-order chi connectivity index (χ0) is 16.0. The number of hydrogen-bond acceptors (Lipinski definition) is 2. The van der Waals surface area contributed by atoms with Crippen LogP contribution in [-0.2, 0) is 0 Å². The Kier molecular flexibility index (Phi) is 3.21. The third kappa shape index (κ3) is 2.14. The Morgan fingerprint density at radius 2 is 2.00 bits per heavy atom. The molecule has 1 saturated heterocycles. The zero-order valence-electron chi connectivity index (χ0n) is 13.6. The smallest absolute Gasteiger partial charge is 0.250 e. The second-order valence-corrected chi connectivity index (χ2v) is 6.44. The van der Waals surface area contributed by atoms with E-state index in [0.717, 1.165) is 54.0 Å². The van der Waals surface area contributed by atoms with E-state index >= 15 is 0 Å². The van der Waals surface area contributed by atoms with Crippen molar-refractivity contribution < 1.29 is 9.30 Å². The first-order chi connectivity index (χ1) is 11.2. The lowest BCUT2D eigenvalue weighted by Gasteiger charge is -2.28. The summed E-state index contributed by atoms with van der Waals surface area (Å²) in [5, 5.41) is 9.58. The quantitative estimate of drug-likeness (QED) is 0.640. The molecule has 0 spiro atoms. The maximum Gasteiger partial charge on any atom is 0.250 e. The van der Waals surface area contributed by atoms with Crippen LogP contribution in [0.5, 0.6) is 0 Å². The van der Waals surface area contributed by atoms with Crippen molar-refractivity contribution in [2.45, 2.75) is 6.92 Å².